The second-order valence-corrected chi connectivity index (χ2v) is 4.34. The van der Waals surface area contributed by atoms with Gasteiger partial charge in [-0.3, -0.25) is 9.78 Å². The smallest absolute Gasteiger partial charge is 0.303 e. The number of fused-ring (bicyclic) bond motifs is 1. The molecule has 3 nitrogen and oxygen atoms in total. The molecule has 0 saturated heterocycles. The van der Waals surface area contributed by atoms with Crippen LogP contribution in [0.2, 0.25) is 0 Å². The molecule has 16 heavy (non-hydrogen) atoms. The van der Waals surface area contributed by atoms with Crippen LogP contribution in [0.1, 0.15) is 12.1 Å². The van der Waals surface area contributed by atoms with Gasteiger partial charge in [-0.2, -0.15) is 0 Å². The number of halogens is 1. The number of carboxylic acids is 1. The maximum Gasteiger partial charge on any atom is 0.303 e. The Hall–Kier alpha value is -1.42. The molecule has 0 atom stereocenters. The lowest BCUT2D eigenvalue weighted by molar-refractivity contribution is -0.136. The van der Waals surface area contributed by atoms with E-state index in [1.165, 1.54) is 0 Å². The van der Waals surface area contributed by atoms with E-state index in [0.717, 1.165) is 20.9 Å². The molecule has 1 heterocycles. The largest absolute Gasteiger partial charge is 0.481 e. The number of nitrogens with zero attached hydrogens (tertiary/aromatic N) is 1. The van der Waals surface area contributed by atoms with Crippen LogP contribution in [0.25, 0.3) is 10.8 Å². The monoisotopic (exact) mass is 279 g/mol. The van der Waals surface area contributed by atoms with Gasteiger partial charge >= 0.3 is 5.97 Å². The lowest BCUT2D eigenvalue weighted by Crippen LogP contribution is -1.99. The van der Waals surface area contributed by atoms with Gasteiger partial charge in [0, 0.05) is 28.2 Å². The zero-order valence-corrected chi connectivity index (χ0v) is 10.1. The maximum atomic E-state index is 10.5. The number of rotatable bonds is 3. The summed E-state index contributed by atoms with van der Waals surface area (Å²) >= 11 is 3.47. The highest BCUT2D eigenvalue weighted by Gasteiger charge is 2.06. The third-order valence-electron chi connectivity index (χ3n) is 2.41. The highest BCUT2D eigenvalue weighted by atomic mass is 79.9. The third kappa shape index (κ3) is 2.22. The van der Waals surface area contributed by atoms with Crippen LogP contribution in [0.15, 0.2) is 34.9 Å². The first-order valence-corrected chi connectivity index (χ1v) is 5.71. The van der Waals surface area contributed by atoms with Gasteiger partial charge in [-0.25, -0.2) is 0 Å². The number of carbonyl (C=O) groups is 1. The molecule has 4 heteroatoms. The minimum Gasteiger partial charge on any atom is -0.481 e. The summed E-state index contributed by atoms with van der Waals surface area (Å²) in [5.74, 6) is -0.797. The van der Waals surface area contributed by atoms with Gasteiger partial charge in [0.2, 0.25) is 0 Å². The van der Waals surface area contributed by atoms with E-state index in [1.54, 1.807) is 6.20 Å². The molecule has 0 radical (unpaired) electrons. The van der Waals surface area contributed by atoms with Gasteiger partial charge in [0.05, 0.1) is 6.42 Å². The van der Waals surface area contributed by atoms with Crippen molar-refractivity contribution in [3.05, 3.63) is 40.6 Å². The molecular formula is C12H10BrNO2. The average molecular weight is 280 g/mol. The van der Waals surface area contributed by atoms with Crippen molar-refractivity contribution in [1.82, 2.24) is 4.98 Å². The Morgan fingerprint density at radius 2 is 2.12 bits per heavy atom. The zero-order valence-electron chi connectivity index (χ0n) is 8.48. The number of benzene rings is 1. The van der Waals surface area contributed by atoms with Crippen LogP contribution < -0.4 is 0 Å². The van der Waals surface area contributed by atoms with Crippen LogP contribution >= 0.6 is 15.9 Å². The third-order valence-corrected chi connectivity index (χ3v) is 3.10. The van der Waals surface area contributed by atoms with Gasteiger partial charge in [0.1, 0.15) is 0 Å². The zero-order chi connectivity index (χ0) is 11.5. The van der Waals surface area contributed by atoms with Crippen molar-refractivity contribution in [1.29, 1.82) is 0 Å². The predicted octanol–water partition coefficient (Wildman–Crippen LogP) is 3.01. The van der Waals surface area contributed by atoms with Crippen LogP contribution in [-0.2, 0) is 11.2 Å². The summed E-state index contributed by atoms with van der Waals surface area (Å²) in [6, 6.07) is 7.77. The van der Waals surface area contributed by atoms with E-state index in [0.29, 0.717) is 6.42 Å². The number of pyridine rings is 1. The summed E-state index contributed by atoms with van der Waals surface area (Å²) in [5, 5.41) is 10.7. The fraction of sp³-hybridized carbons (Fsp3) is 0.167. The van der Waals surface area contributed by atoms with E-state index in [9.17, 15) is 4.79 Å². The number of aromatic nitrogens is 1. The summed E-state index contributed by atoms with van der Waals surface area (Å²) in [7, 11) is 0. The first-order chi connectivity index (χ1) is 7.68. The Labute approximate surface area is 101 Å². The quantitative estimate of drug-likeness (QED) is 0.940. The lowest BCUT2D eigenvalue weighted by Gasteiger charge is -2.05. The Morgan fingerprint density at radius 1 is 1.31 bits per heavy atom. The van der Waals surface area contributed by atoms with Gasteiger partial charge in [0.15, 0.2) is 0 Å². The molecule has 1 aromatic carbocycles. The van der Waals surface area contributed by atoms with Gasteiger partial charge in [-0.1, -0.05) is 28.1 Å². The van der Waals surface area contributed by atoms with Gasteiger partial charge in [-0.15, -0.1) is 0 Å². The van der Waals surface area contributed by atoms with E-state index in [2.05, 4.69) is 20.9 Å². The van der Waals surface area contributed by atoms with Crippen LogP contribution in [0, 0.1) is 0 Å². The van der Waals surface area contributed by atoms with Crippen LogP contribution in [0.4, 0.5) is 0 Å². The van der Waals surface area contributed by atoms with E-state index < -0.39 is 5.97 Å². The molecule has 2 rings (SSSR count). The first-order valence-electron chi connectivity index (χ1n) is 4.92. The van der Waals surface area contributed by atoms with Crippen molar-refractivity contribution < 1.29 is 9.90 Å². The Bertz CT molecular complexity index is 540. The van der Waals surface area contributed by atoms with Crippen molar-refractivity contribution in [2.24, 2.45) is 0 Å². The fourth-order valence-corrected chi connectivity index (χ4v) is 2.15. The van der Waals surface area contributed by atoms with Crippen molar-refractivity contribution in [2.75, 3.05) is 0 Å². The molecule has 0 fully saturated rings. The predicted molar refractivity (Wildman–Crippen MR) is 65.4 cm³/mol. The number of hydrogen-bond acceptors (Lipinski definition) is 2. The molecule has 1 aromatic heterocycles. The molecule has 0 bridgehead atoms. The van der Waals surface area contributed by atoms with Crippen LogP contribution in [0.5, 0.6) is 0 Å². The maximum absolute atomic E-state index is 10.5. The Balaban J connectivity index is 2.45. The Morgan fingerprint density at radius 3 is 2.88 bits per heavy atom. The Kier molecular flexibility index (Phi) is 3.19. The molecule has 0 aliphatic heterocycles. The number of aryl methyl sites for hydroxylation is 1. The lowest BCUT2D eigenvalue weighted by atomic mass is 10.1. The van der Waals surface area contributed by atoms with Crippen molar-refractivity contribution in [2.45, 2.75) is 12.8 Å². The SMILES string of the molecule is O=C(O)CCc1nccc2c(Br)cccc12. The molecule has 1 N–H and O–H groups in total. The van der Waals surface area contributed by atoms with E-state index in [-0.39, 0.29) is 6.42 Å². The highest BCUT2D eigenvalue weighted by molar-refractivity contribution is 9.10. The van der Waals surface area contributed by atoms with Gasteiger partial charge < -0.3 is 5.11 Å². The van der Waals surface area contributed by atoms with E-state index >= 15 is 0 Å². The molecule has 0 amide bonds. The van der Waals surface area contributed by atoms with Gasteiger partial charge in [-0.05, 0) is 17.5 Å². The van der Waals surface area contributed by atoms with Gasteiger partial charge in [0.25, 0.3) is 0 Å². The second-order valence-electron chi connectivity index (χ2n) is 3.49. The van der Waals surface area contributed by atoms with Crippen molar-refractivity contribution in [3.63, 3.8) is 0 Å². The summed E-state index contributed by atoms with van der Waals surface area (Å²) in [6.07, 6.45) is 2.28. The molecular weight excluding hydrogens is 270 g/mol. The summed E-state index contributed by atoms with van der Waals surface area (Å²) < 4.78 is 1.00. The fourth-order valence-electron chi connectivity index (χ4n) is 1.65. The minimum absolute atomic E-state index is 0.110. The van der Waals surface area contributed by atoms with Crippen molar-refractivity contribution in [3.8, 4) is 0 Å². The minimum atomic E-state index is -0.797. The van der Waals surface area contributed by atoms with Crippen LogP contribution in [0.3, 0.4) is 0 Å². The van der Waals surface area contributed by atoms with Crippen LogP contribution in [-0.4, -0.2) is 16.1 Å². The molecule has 2 aromatic rings. The number of hydrogen-bond donors (Lipinski definition) is 1. The number of aliphatic carboxylic acids is 1. The number of carboxylic acid groups (broad SMARTS) is 1. The first kappa shape index (κ1) is 11.1. The van der Waals surface area contributed by atoms with E-state index in [4.69, 9.17) is 5.11 Å². The standard InChI is InChI=1S/C12H10BrNO2/c13-10-3-1-2-9-8(10)6-7-14-11(9)4-5-12(15)16/h1-3,6-7H,4-5H2,(H,15,16). The normalized spacial score (nSPS) is 10.6. The van der Waals surface area contributed by atoms with E-state index in [1.807, 2.05) is 24.3 Å². The molecule has 0 aliphatic carbocycles. The summed E-state index contributed by atoms with van der Waals surface area (Å²) in [6.45, 7) is 0. The molecule has 0 saturated carbocycles. The average Bonchev–Trinajstić information content (AvgIpc) is 2.27. The molecule has 0 spiro atoms. The highest BCUT2D eigenvalue weighted by Crippen LogP contribution is 2.25. The second kappa shape index (κ2) is 4.61. The summed E-state index contributed by atoms with van der Waals surface area (Å²) in [5.41, 5.74) is 0.834. The topological polar surface area (TPSA) is 50.2 Å². The molecule has 0 aliphatic rings. The summed E-state index contributed by atoms with van der Waals surface area (Å²) in [4.78, 5) is 14.8. The molecule has 0 unspecified atom stereocenters. The van der Waals surface area contributed by atoms with Crippen molar-refractivity contribution >= 4 is 32.7 Å². The molecule has 82 valence electrons.